The molecule has 2 aromatic rings. The van der Waals surface area contributed by atoms with E-state index in [0.29, 0.717) is 5.88 Å². The van der Waals surface area contributed by atoms with E-state index in [1.165, 1.54) is 6.26 Å². The van der Waals surface area contributed by atoms with Crippen LogP contribution < -0.4 is 0 Å². The standard InChI is InChI=1S/C8H8N4O3/c1-2-14-8(13)7-9-11-12(10-7)6-4-3-5-15-6/h3-5H,2H2,1H3. The molecule has 0 N–H and O–H groups in total. The molecule has 0 radical (unpaired) electrons. The van der Waals surface area contributed by atoms with Gasteiger partial charge in [-0.25, -0.2) is 4.79 Å². The summed E-state index contributed by atoms with van der Waals surface area (Å²) >= 11 is 0. The molecule has 0 aliphatic heterocycles. The van der Waals surface area contributed by atoms with Gasteiger partial charge in [0.2, 0.25) is 5.88 Å². The summed E-state index contributed by atoms with van der Waals surface area (Å²) in [6.45, 7) is 1.98. The van der Waals surface area contributed by atoms with Gasteiger partial charge >= 0.3 is 5.97 Å². The van der Waals surface area contributed by atoms with E-state index in [-0.39, 0.29) is 12.4 Å². The van der Waals surface area contributed by atoms with Gasteiger partial charge in [0.1, 0.15) is 0 Å². The minimum atomic E-state index is -0.602. The van der Waals surface area contributed by atoms with Gasteiger partial charge in [0.25, 0.3) is 5.82 Å². The van der Waals surface area contributed by atoms with Crippen LogP contribution in [0.4, 0.5) is 0 Å². The van der Waals surface area contributed by atoms with Gasteiger partial charge in [-0.05, 0) is 18.2 Å². The van der Waals surface area contributed by atoms with E-state index in [4.69, 9.17) is 9.15 Å². The van der Waals surface area contributed by atoms with Crippen molar-refractivity contribution < 1.29 is 13.9 Å². The lowest BCUT2D eigenvalue weighted by Crippen LogP contribution is -2.07. The number of carbonyl (C=O) groups is 1. The summed E-state index contributed by atoms with van der Waals surface area (Å²) in [5, 5.41) is 11.0. The van der Waals surface area contributed by atoms with Crippen LogP contribution in [0.3, 0.4) is 0 Å². The van der Waals surface area contributed by atoms with Crippen molar-refractivity contribution in [1.82, 2.24) is 20.2 Å². The van der Waals surface area contributed by atoms with Crippen molar-refractivity contribution in [3.05, 3.63) is 24.2 Å². The number of nitrogens with zero attached hydrogens (tertiary/aromatic N) is 4. The third-order valence-electron chi connectivity index (χ3n) is 1.57. The summed E-state index contributed by atoms with van der Waals surface area (Å²) in [4.78, 5) is 12.3. The molecule has 2 rings (SSSR count). The zero-order chi connectivity index (χ0) is 10.7. The van der Waals surface area contributed by atoms with Gasteiger partial charge in [0, 0.05) is 6.07 Å². The van der Waals surface area contributed by atoms with Crippen molar-refractivity contribution in [2.24, 2.45) is 0 Å². The molecule has 0 aliphatic rings. The van der Waals surface area contributed by atoms with Crippen molar-refractivity contribution in [3.8, 4) is 5.88 Å². The fourth-order valence-electron chi connectivity index (χ4n) is 0.969. The summed E-state index contributed by atoms with van der Waals surface area (Å²) in [5.41, 5.74) is 0. The molecule has 0 fully saturated rings. The Balaban J connectivity index is 2.21. The van der Waals surface area contributed by atoms with Crippen molar-refractivity contribution >= 4 is 5.97 Å². The van der Waals surface area contributed by atoms with Crippen molar-refractivity contribution in [2.45, 2.75) is 6.92 Å². The summed E-state index contributed by atoms with van der Waals surface area (Å²) < 4.78 is 9.73. The highest BCUT2D eigenvalue weighted by Crippen LogP contribution is 2.04. The van der Waals surface area contributed by atoms with E-state index in [1.807, 2.05) is 0 Å². The molecule has 2 aromatic heterocycles. The molecule has 7 heteroatoms. The highest BCUT2D eigenvalue weighted by atomic mass is 16.5. The molecule has 0 unspecified atom stereocenters. The van der Waals surface area contributed by atoms with E-state index >= 15 is 0 Å². The average Bonchev–Trinajstić information content (AvgIpc) is 2.89. The van der Waals surface area contributed by atoms with E-state index in [0.717, 1.165) is 4.80 Å². The summed E-state index contributed by atoms with van der Waals surface area (Å²) in [6.07, 6.45) is 1.47. The molecule has 2 heterocycles. The molecule has 15 heavy (non-hydrogen) atoms. The van der Waals surface area contributed by atoms with Gasteiger partial charge in [-0.3, -0.25) is 0 Å². The van der Waals surface area contributed by atoms with Crippen LogP contribution in [0.15, 0.2) is 22.8 Å². The number of aromatic nitrogens is 4. The molecule has 0 bridgehead atoms. The van der Waals surface area contributed by atoms with Crippen LogP contribution in [0.5, 0.6) is 0 Å². The first-order chi connectivity index (χ1) is 7.31. The molecule has 78 valence electrons. The van der Waals surface area contributed by atoms with E-state index < -0.39 is 5.97 Å². The second-order valence-corrected chi connectivity index (χ2v) is 2.57. The van der Waals surface area contributed by atoms with Gasteiger partial charge in [0.05, 0.1) is 12.9 Å². The maximum Gasteiger partial charge on any atom is 0.380 e. The average molecular weight is 208 g/mol. The number of hydrogen-bond donors (Lipinski definition) is 0. The Kier molecular flexibility index (Phi) is 2.44. The number of carbonyl (C=O) groups excluding carboxylic acids is 1. The molecule has 0 aliphatic carbocycles. The normalized spacial score (nSPS) is 10.2. The Morgan fingerprint density at radius 3 is 3.20 bits per heavy atom. The predicted octanol–water partition coefficient (Wildman–Crippen LogP) is 0.432. The highest BCUT2D eigenvalue weighted by Gasteiger charge is 2.14. The minimum absolute atomic E-state index is 0.0896. The SMILES string of the molecule is CCOC(=O)c1nnn(-c2ccco2)n1. The molecule has 0 spiro atoms. The van der Waals surface area contributed by atoms with Gasteiger partial charge < -0.3 is 9.15 Å². The monoisotopic (exact) mass is 208 g/mol. The van der Waals surface area contributed by atoms with Gasteiger partial charge in [0.15, 0.2) is 0 Å². The fourth-order valence-corrected chi connectivity index (χ4v) is 0.969. The number of furan rings is 1. The fraction of sp³-hybridized carbons (Fsp3) is 0.250. The summed E-state index contributed by atoms with van der Waals surface area (Å²) in [7, 11) is 0. The Bertz CT molecular complexity index is 448. The molecule has 0 saturated heterocycles. The van der Waals surface area contributed by atoms with E-state index in [2.05, 4.69) is 15.4 Å². The molecular weight excluding hydrogens is 200 g/mol. The zero-order valence-corrected chi connectivity index (χ0v) is 7.95. The smallest absolute Gasteiger partial charge is 0.380 e. The molecular formula is C8H8N4O3. The second-order valence-electron chi connectivity index (χ2n) is 2.57. The van der Waals surface area contributed by atoms with Crippen LogP contribution in [0.2, 0.25) is 0 Å². The van der Waals surface area contributed by atoms with Gasteiger partial charge in [-0.2, -0.15) is 0 Å². The zero-order valence-electron chi connectivity index (χ0n) is 7.95. The first kappa shape index (κ1) is 9.38. The van der Waals surface area contributed by atoms with Crippen LogP contribution in [0.1, 0.15) is 17.5 Å². The lowest BCUT2D eigenvalue weighted by molar-refractivity contribution is 0.0512. The number of esters is 1. The Morgan fingerprint density at radius 2 is 2.53 bits per heavy atom. The number of ether oxygens (including phenoxy) is 1. The minimum Gasteiger partial charge on any atom is -0.460 e. The van der Waals surface area contributed by atoms with Crippen LogP contribution in [0, 0.1) is 0 Å². The van der Waals surface area contributed by atoms with Crippen LogP contribution in [0.25, 0.3) is 5.88 Å². The summed E-state index contributed by atoms with van der Waals surface area (Å²) in [5.74, 6) is -0.304. The van der Waals surface area contributed by atoms with Gasteiger partial charge in [-0.15, -0.1) is 10.2 Å². The summed E-state index contributed by atoms with van der Waals surface area (Å²) in [6, 6.07) is 3.33. The largest absolute Gasteiger partial charge is 0.460 e. The topological polar surface area (TPSA) is 83.0 Å². The Morgan fingerprint density at radius 1 is 1.67 bits per heavy atom. The number of tetrazole rings is 1. The first-order valence-corrected chi connectivity index (χ1v) is 4.32. The first-order valence-electron chi connectivity index (χ1n) is 4.32. The molecule has 0 aromatic carbocycles. The maximum absolute atomic E-state index is 11.2. The maximum atomic E-state index is 11.2. The van der Waals surface area contributed by atoms with E-state index in [9.17, 15) is 4.79 Å². The highest BCUT2D eigenvalue weighted by molar-refractivity contribution is 5.84. The predicted molar refractivity (Wildman–Crippen MR) is 47.4 cm³/mol. The van der Waals surface area contributed by atoms with Crippen molar-refractivity contribution in [2.75, 3.05) is 6.61 Å². The number of rotatable bonds is 3. The Hall–Kier alpha value is -2.18. The lowest BCUT2D eigenvalue weighted by Gasteiger charge is -1.93. The molecule has 0 amide bonds. The van der Waals surface area contributed by atoms with Crippen LogP contribution in [-0.4, -0.2) is 32.8 Å². The third-order valence-corrected chi connectivity index (χ3v) is 1.57. The molecule has 0 atom stereocenters. The number of hydrogen-bond acceptors (Lipinski definition) is 6. The quantitative estimate of drug-likeness (QED) is 0.680. The lowest BCUT2D eigenvalue weighted by atomic mass is 10.6. The van der Waals surface area contributed by atoms with Crippen molar-refractivity contribution in [1.29, 1.82) is 0 Å². The van der Waals surface area contributed by atoms with Crippen molar-refractivity contribution in [3.63, 3.8) is 0 Å². The van der Waals surface area contributed by atoms with Gasteiger partial charge in [-0.1, -0.05) is 4.80 Å². The Labute approximate surface area is 84.6 Å². The van der Waals surface area contributed by atoms with E-state index in [1.54, 1.807) is 19.1 Å². The molecule has 0 saturated carbocycles. The third kappa shape index (κ3) is 1.85. The second kappa shape index (κ2) is 3.91. The van der Waals surface area contributed by atoms with Crippen LogP contribution >= 0.6 is 0 Å². The molecule has 7 nitrogen and oxygen atoms in total. The van der Waals surface area contributed by atoms with Crippen LogP contribution in [-0.2, 0) is 4.74 Å².